The molecule has 0 aromatic heterocycles. The molecule has 1 saturated heterocycles. The second kappa shape index (κ2) is 6.24. The number of hydrogen-bond acceptors (Lipinski definition) is 2. The predicted octanol–water partition coefficient (Wildman–Crippen LogP) is 3.10. The molecule has 0 spiro atoms. The summed E-state index contributed by atoms with van der Waals surface area (Å²) in [4.78, 5) is 25.3. The summed E-state index contributed by atoms with van der Waals surface area (Å²) in [5.74, 6) is -1.08. The van der Waals surface area contributed by atoms with Crippen LogP contribution in [0.5, 0.6) is 0 Å². The number of urea groups is 1. The van der Waals surface area contributed by atoms with Crippen LogP contribution in [0.2, 0.25) is 0 Å². The number of likely N-dealkylation sites (tertiary alicyclic amines) is 1. The zero-order chi connectivity index (χ0) is 16.4. The summed E-state index contributed by atoms with van der Waals surface area (Å²) in [7, 11) is 0. The van der Waals surface area contributed by atoms with Crippen LogP contribution in [0.1, 0.15) is 60.8 Å². The van der Waals surface area contributed by atoms with Gasteiger partial charge in [0.2, 0.25) is 0 Å². The minimum Gasteiger partial charge on any atom is -0.481 e. The molecule has 0 saturated carbocycles. The van der Waals surface area contributed by atoms with E-state index >= 15 is 0 Å². The molecule has 0 radical (unpaired) electrons. The van der Waals surface area contributed by atoms with Gasteiger partial charge in [-0.2, -0.15) is 0 Å². The minimum atomic E-state index is -0.755. The fraction of sp³-hybridized carbons (Fsp3) is 0.875. The number of carboxylic acids is 1. The maximum absolute atomic E-state index is 12.5. The molecule has 0 bridgehead atoms. The van der Waals surface area contributed by atoms with Crippen molar-refractivity contribution in [3.8, 4) is 0 Å². The smallest absolute Gasteiger partial charge is 0.318 e. The Labute approximate surface area is 128 Å². The summed E-state index contributed by atoms with van der Waals surface area (Å²) in [6, 6.07) is -0.120. The SMILES string of the molecule is CC1CC(C(=O)O)CCN1C(=O)NC(C)(C)CC(C)(C)C. The van der Waals surface area contributed by atoms with E-state index in [-0.39, 0.29) is 28.9 Å². The molecule has 2 amide bonds. The molecule has 0 aliphatic carbocycles. The summed E-state index contributed by atoms with van der Waals surface area (Å²) in [6.07, 6.45) is 1.95. The second-order valence-electron chi connectivity index (χ2n) is 8.15. The van der Waals surface area contributed by atoms with E-state index in [1.807, 2.05) is 20.8 Å². The highest BCUT2D eigenvalue weighted by Gasteiger charge is 2.35. The topological polar surface area (TPSA) is 69.6 Å². The monoisotopic (exact) mass is 298 g/mol. The lowest BCUT2D eigenvalue weighted by Gasteiger charge is -2.40. The number of carbonyl (C=O) groups is 2. The fourth-order valence-corrected chi connectivity index (χ4v) is 3.43. The molecule has 0 aromatic carbocycles. The van der Waals surface area contributed by atoms with Gasteiger partial charge in [0.25, 0.3) is 0 Å². The summed E-state index contributed by atoms with van der Waals surface area (Å²) >= 11 is 0. The first-order valence-electron chi connectivity index (χ1n) is 7.73. The van der Waals surface area contributed by atoms with E-state index in [1.54, 1.807) is 4.90 Å². The summed E-state index contributed by atoms with van der Waals surface area (Å²) in [5, 5.41) is 12.2. The van der Waals surface area contributed by atoms with Crippen molar-refractivity contribution in [1.82, 2.24) is 10.2 Å². The van der Waals surface area contributed by atoms with Crippen molar-refractivity contribution in [1.29, 1.82) is 0 Å². The van der Waals surface area contributed by atoms with Gasteiger partial charge in [-0.3, -0.25) is 4.79 Å². The number of carboxylic acid groups (broad SMARTS) is 1. The van der Waals surface area contributed by atoms with Crippen molar-refractivity contribution in [2.45, 2.75) is 72.4 Å². The average molecular weight is 298 g/mol. The van der Waals surface area contributed by atoms with Crippen LogP contribution in [-0.4, -0.2) is 40.1 Å². The number of piperidine rings is 1. The van der Waals surface area contributed by atoms with Gasteiger partial charge in [0.05, 0.1) is 5.92 Å². The maximum Gasteiger partial charge on any atom is 0.318 e. The van der Waals surface area contributed by atoms with E-state index in [2.05, 4.69) is 26.1 Å². The number of nitrogens with one attached hydrogen (secondary N) is 1. The summed E-state index contributed by atoms with van der Waals surface area (Å²) < 4.78 is 0. The lowest BCUT2D eigenvalue weighted by molar-refractivity contribution is -0.143. The molecule has 122 valence electrons. The van der Waals surface area contributed by atoms with Gasteiger partial charge in [0, 0.05) is 18.1 Å². The van der Waals surface area contributed by atoms with Gasteiger partial charge < -0.3 is 15.3 Å². The first-order valence-corrected chi connectivity index (χ1v) is 7.73. The van der Waals surface area contributed by atoms with Crippen LogP contribution in [0.3, 0.4) is 0 Å². The van der Waals surface area contributed by atoms with Gasteiger partial charge in [-0.15, -0.1) is 0 Å². The minimum absolute atomic E-state index is 0.0368. The van der Waals surface area contributed by atoms with Crippen molar-refractivity contribution in [2.24, 2.45) is 11.3 Å². The van der Waals surface area contributed by atoms with Crippen LogP contribution in [-0.2, 0) is 4.79 Å². The predicted molar refractivity (Wildman–Crippen MR) is 83.2 cm³/mol. The number of aliphatic carboxylic acids is 1. The lowest BCUT2D eigenvalue weighted by Crippen LogP contribution is -2.55. The van der Waals surface area contributed by atoms with Crippen LogP contribution in [0, 0.1) is 11.3 Å². The number of hydrogen-bond donors (Lipinski definition) is 2. The Balaban J connectivity index is 2.62. The zero-order valence-corrected chi connectivity index (χ0v) is 14.2. The molecule has 5 nitrogen and oxygen atoms in total. The second-order valence-corrected chi connectivity index (χ2v) is 8.15. The van der Waals surface area contributed by atoms with E-state index in [0.717, 1.165) is 6.42 Å². The molecular weight excluding hydrogens is 268 g/mol. The highest BCUT2D eigenvalue weighted by Crippen LogP contribution is 2.28. The molecule has 21 heavy (non-hydrogen) atoms. The van der Waals surface area contributed by atoms with E-state index < -0.39 is 5.97 Å². The van der Waals surface area contributed by atoms with Crippen LogP contribution < -0.4 is 5.32 Å². The number of nitrogens with zero attached hydrogens (tertiary/aromatic N) is 1. The number of rotatable bonds is 3. The van der Waals surface area contributed by atoms with Crippen molar-refractivity contribution in [3.05, 3.63) is 0 Å². The highest BCUT2D eigenvalue weighted by molar-refractivity contribution is 5.76. The van der Waals surface area contributed by atoms with Crippen molar-refractivity contribution in [3.63, 3.8) is 0 Å². The average Bonchev–Trinajstić information content (AvgIpc) is 2.23. The van der Waals surface area contributed by atoms with Crippen LogP contribution >= 0.6 is 0 Å². The molecule has 1 fully saturated rings. The summed E-state index contributed by atoms with van der Waals surface area (Å²) in [5.41, 5.74) is -0.141. The Hall–Kier alpha value is -1.26. The van der Waals surface area contributed by atoms with Gasteiger partial charge in [-0.25, -0.2) is 4.79 Å². The van der Waals surface area contributed by atoms with Crippen molar-refractivity contribution >= 4 is 12.0 Å². The quantitative estimate of drug-likeness (QED) is 0.841. The fourth-order valence-electron chi connectivity index (χ4n) is 3.43. The molecule has 1 heterocycles. The molecular formula is C16H30N2O3. The Morgan fingerprint density at radius 3 is 2.24 bits per heavy atom. The molecule has 0 aromatic rings. The van der Waals surface area contributed by atoms with Gasteiger partial charge >= 0.3 is 12.0 Å². The van der Waals surface area contributed by atoms with Gasteiger partial charge in [-0.05, 0) is 45.4 Å². The molecule has 1 aliphatic rings. The largest absolute Gasteiger partial charge is 0.481 e. The van der Waals surface area contributed by atoms with E-state index in [0.29, 0.717) is 19.4 Å². The molecule has 5 heteroatoms. The Kier molecular flexibility index (Phi) is 5.29. The molecule has 2 unspecified atom stereocenters. The highest BCUT2D eigenvalue weighted by atomic mass is 16.4. The molecule has 1 aliphatic heterocycles. The Bertz CT molecular complexity index is 399. The summed E-state index contributed by atoms with van der Waals surface area (Å²) in [6.45, 7) is 13.0. The van der Waals surface area contributed by atoms with E-state index in [4.69, 9.17) is 5.11 Å². The Morgan fingerprint density at radius 2 is 1.81 bits per heavy atom. The maximum atomic E-state index is 12.5. The molecule has 2 N–H and O–H groups in total. The van der Waals surface area contributed by atoms with E-state index in [1.165, 1.54) is 0 Å². The third-order valence-electron chi connectivity index (χ3n) is 3.90. The first kappa shape index (κ1) is 17.8. The van der Waals surface area contributed by atoms with E-state index in [9.17, 15) is 9.59 Å². The van der Waals surface area contributed by atoms with Gasteiger partial charge in [0.1, 0.15) is 0 Å². The van der Waals surface area contributed by atoms with Gasteiger partial charge in [0.15, 0.2) is 0 Å². The van der Waals surface area contributed by atoms with Crippen LogP contribution in [0.4, 0.5) is 4.79 Å². The third kappa shape index (κ3) is 5.56. The Morgan fingerprint density at radius 1 is 1.24 bits per heavy atom. The van der Waals surface area contributed by atoms with Crippen LogP contribution in [0.15, 0.2) is 0 Å². The zero-order valence-electron chi connectivity index (χ0n) is 14.2. The molecule has 2 atom stereocenters. The lowest BCUT2D eigenvalue weighted by atomic mass is 9.82. The standard InChI is InChI=1S/C16H30N2O3/c1-11-9-12(13(19)20)7-8-18(11)14(21)17-16(5,6)10-15(2,3)4/h11-12H,7-10H2,1-6H3,(H,17,21)(H,19,20). The normalized spacial score (nSPS) is 23.8. The number of carbonyl (C=O) groups excluding carboxylic acids is 1. The van der Waals surface area contributed by atoms with Crippen LogP contribution in [0.25, 0.3) is 0 Å². The first-order chi connectivity index (χ1) is 9.41. The molecule has 1 rings (SSSR count). The third-order valence-corrected chi connectivity index (χ3v) is 3.90. The number of amides is 2. The van der Waals surface area contributed by atoms with Crippen molar-refractivity contribution in [2.75, 3.05) is 6.54 Å². The van der Waals surface area contributed by atoms with Crippen molar-refractivity contribution < 1.29 is 14.7 Å². The van der Waals surface area contributed by atoms with Gasteiger partial charge in [-0.1, -0.05) is 20.8 Å².